The lowest BCUT2D eigenvalue weighted by atomic mass is 10.1. The average molecular weight is 416 g/mol. The third-order valence-electron chi connectivity index (χ3n) is 4.84. The zero-order valence-corrected chi connectivity index (χ0v) is 18.5. The molecule has 0 radical (unpaired) electrons. The predicted octanol–water partition coefficient (Wildman–Crippen LogP) is 4.58. The van der Waals surface area contributed by atoms with Crippen LogP contribution in [0, 0.1) is 12.3 Å². The number of benzene rings is 1. The van der Waals surface area contributed by atoms with Gasteiger partial charge in [-0.15, -0.1) is 6.42 Å². The van der Waals surface area contributed by atoms with Gasteiger partial charge in [-0.1, -0.05) is 37.7 Å². The van der Waals surface area contributed by atoms with E-state index < -0.39 is 8.07 Å². The molecule has 0 amide bonds. The van der Waals surface area contributed by atoms with Crippen molar-refractivity contribution in [1.29, 1.82) is 0 Å². The first-order chi connectivity index (χ1) is 14.4. The minimum atomic E-state index is -1.08. The largest absolute Gasteiger partial charge is 0.360 e. The minimum Gasteiger partial charge on any atom is -0.360 e. The van der Waals surface area contributed by atoms with E-state index in [1.54, 1.807) is 23.1 Å². The SMILES string of the molecule is C#Cc1ccnc(-n2nccc2-c2ccc3cn(COCC[Si](C)(C)C)nc3c2)c1. The van der Waals surface area contributed by atoms with Crippen LogP contribution >= 0.6 is 0 Å². The molecule has 0 N–H and O–H groups in total. The second-order valence-electron chi connectivity index (χ2n) is 8.47. The van der Waals surface area contributed by atoms with E-state index in [1.807, 2.05) is 23.0 Å². The van der Waals surface area contributed by atoms with Crippen molar-refractivity contribution in [3.8, 4) is 29.4 Å². The van der Waals surface area contributed by atoms with Crippen LogP contribution < -0.4 is 0 Å². The fourth-order valence-corrected chi connectivity index (χ4v) is 3.91. The normalized spacial score (nSPS) is 11.7. The maximum absolute atomic E-state index is 5.82. The molecule has 1 aromatic carbocycles. The van der Waals surface area contributed by atoms with E-state index in [-0.39, 0.29) is 0 Å². The van der Waals surface area contributed by atoms with Gasteiger partial charge in [-0.25, -0.2) is 14.3 Å². The van der Waals surface area contributed by atoms with Gasteiger partial charge in [-0.3, -0.25) is 0 Å². The van der Waals surface area contributed by atoms with E-state index in [0.717, 1.165) is 40.4 Å². The predicted molar refractivity (Wildman–Crippen MR) is 122 cm³/mol. The van der Waals surface area contributed by atoms with Gasteiger partial charge < -0.3 is 4.74 Å². The van der Waals surface area contributed by atoms with Crippen molar-refractivity contribution in [2.24, 2.45) is 0 Å². The lowest BCUT2D eigenvalue weighted by Gasteiger charge is -2.15. The summed E-state index contributed by atoms with van der Waals surface area (Å²) in [5.74, 6) is 3.33. The number of terminal acetylenes is 1. The molecule has 152 valence electrons. The summed E-state index contributed by atoms with van der Waals surface area (Å²) >= 11 is 0. The highest BCUT2D eigenvalue weighted by atomic mass is 28.3. The van der Waals surface area contributed by atoms with Gasteiger partial charge in [-0.2, -0.15) is 10.2 Å². The van der Waals surface area contributed by atoms with Crippen LogP contribution in [0.4, 0.5) is 0 Å². The minimum absolute atomic E-state index is 0.467. The second kappa shape index (κ2) is 8.26. The number of aromatic nitrogens is 5. The Bertz CT molecular complexity index is 1210. The van der Waals surface area contributed by atoms with Gasteiger partial charge >= 0.3 is 0 Å². The van der Waals surface area contributed by atoms with Crippen molar-refractivity contribution in [2.75, 3.05) is 6.61 Å². The molecule has 0 saturated heterocycles. The first kappa shape index (κ1) is 20.1. The molecule has 0 unspecified atom stereocenters. The number of rotatable bonds is 7. The monoisotopic (exact) mass is 415 g/mol. The van der Waals surface area contributed by atoms with Crippen LogP contribution in [0.1, 0.15) is 5.56 Å². The maximum atomic E-state index is 5.82. The second-order valence-corrected chi connectivity index (χ2v) is 14.1. The summed E-state index contributed by atoms with van der Waals surface area (Å²) in [6.45, 7) is 8.30. The van der Waals surface area contributed by atoms with Crippen molar-refractivity contribution in [3.63, 3.8) is 0 Å². The molecule has 0 spiro atoms. The number of hydrogen-bond acceptors (Lipinski definition) is 4. The Labute approximate surface area is 177 Å². The fourth-order valence-electron chi connectivity index (χ4n) is 3.16. The highest BCUT2D eigenvalue weighted by Gasteiger charge is 2.13. The van der Waals surface area contributed by atoms with Crippen LogP contribution in [-0.4, -0.2) is 39.2 Å². The molecule has 0 aliphatic heterocycles. The smallest absolute Gasteiger partial charge is 0.155 e. The van der Waals surface area contributed by atoms with Gasteiger partial charge in [0.2, 0.25) is 0 Å². The summed E-state index contributed by atoms with van der Waals surface area (Å²) in [5, 5.41) is 10.2. The highest BCUT2D eigenvalue weighted by molar-refractivity contribution is 6.76. The third-order valence-corrected chi connectivity index (χ3v) is 6.55. The molecule has 4 aromatic rings. The van der Waals surface area contributed by atoms with Crippen LogP contribution in [0.3, 0.4) is 0 Å². The Kier molecular flexibility index (Phi) is 5.53. The molecular formula is C23H25N5OSi. The third kappa shape index (κ3) is 4.51. The quantitative estimate of drug-likeness (QED) is 0.252. The number of ether oxygens (including phenoxy) is 1. The van der Waals surface area contributed by atoms with Gasteiger partial charge in [0, 0.05) is 43.6 Å². The van der Waals surface area contributed by atoms with Gasteiger partial charge in [-0.05, 0) is 30.3 Å². The van der Waals surface area contributed by atoms with Crippen molar-refractivity contribution >= 4 is 19.0 Å². The topological polar surface area (TPSA) is 57.8 Å². The van der Waals surface area contributed by atoms with Crippen LogP contribution in [0.2, 0.25) is 25.7 Å². The van der Waals surface area contributed by atoms with E-state index in [4.69, 9.17) is 11.2 Å². The maximum Gasteiger partial charge on any atom is 0.155 e. The molecule has 0 bridgehead atoms. The molecule has 3 aromatic heterocycles. The summed E-state index contributed by atoms with van der Waals surface area (Å²) in [7, 11) is -1.08. The van der Waals surface area contributed by atoms with Crippen LogP contribution in [0.5, 0.6) is 0 Å². The van der Waals surface area contributed by atoms with Gasteiger partial charge in [0.15, 0.2) is 5.82 Å². The zero-order valence-electron chi connectivity index (χ0n) is 17.5. The lowest BCUT2D eigenvalue weighted by Crippen LogP contribution is -2.22. The van der Waals surface area contributed by atoms with Gasteiger partial charge in [0.1, 0.15) is 6.73 Å². The number of pyridine rings is 1. The summed E-state index contributed by atoms with van der Waals surface area (Å²) in [5.41, 5.74) is 3.63. The summed E-state index contributed by atoms with van der Waals surface area (Å²) in [6.07, 6.45) is 11.0. The van der Waals surface area contributed by atoms with Crippen molar-refractivity contribution in [1.82, 2.24) is 24.5 Å². The molecule has 0 aliphatic carbocycles. The first-order valence-corrected chi connectivity index (χ1v) is 13.7. The molecule has 3 heterocycles. The van der Waals surface area contributed by atoms with E-state index in [9.17, 15) is 0 Å². The van der Waals surface area contributed by atoms with E-state index >= 15 is 0 Å². The summed E-state index contributed by atoms with van der Waals surface area (Å²) < 4.78 is 9.47. The van der Waals surface area contributed by atoms with Crippen LogP contribution in [0.15, 0.2) is 55.0 Å². The Morgan fingerprint density at radius 3 is 2.77 bits per heavy atom. The van der Waals surface area contributed by atoms with Crippen molar-refractivity contribution in [2.45, 2.75) is 32.4 Å². The molecule has 7 heteroatoms. The summed E-state index contributed by atoms with van der Waals surface area (Å²) in [6, 6.07) is 13.0. The Morgan fingerprint density at radius 2 is 1.97 bits per heavy atom. The van der Waals surface area contributed by atoms with Crippen molar-refractivity contribution < 1.29 is 4.74 Å². The molecule has 0 saturated carbocycles. The van der Waals surface area contributed by atoms with Gasteiger partial charge in [0.05, 0.1) is 17.4 Å². The molecular weight excluding hydrogens is 390 g/mol. The average Bonchev–Trinajstić information content (AvgIpc) is 3.36. The molecule has 6 nitrogen and oxygen atoms in total. The zero-order chi connectivity index (χ0) is 21.1. The Hall–Kier alpha value is -3.21. The Balaban J connectivity index is 1.56. The molecule has 0 atom stereocenters. The number of fused-ring (bicyclic) bond motifs is 1. The standard InChI is InChI=1S/C23H25N5OSi/c1-5-18-8-10-24-23(14-18)28-22(9-11-25-28)19-6-7-20-16-27(26-21(20)15-19)17-29-12-13-30(2,3)4/h1,6-11,14-16H,12-13,17H2,2-4H3. The fraction of sp³-hybridized carbons (Fsp3) is 0.261. The van der Waals surface area contributed by atoms with E-state index in [0.29, 0.717) is 12.5 Å². The molecule has 4 rings (SSSR count). The van der Waals surface area contributed by atoms with E-state index in [2.05, 4.69) is 58.9 Å². The summed E-state index contributed by atoms with van der Waals surface area (Å²) in [4.78, 5) is 4.41. The molecule has 30 heavy (non-hydrogen) atoms. The van der Waals surface area contributed by atoms with Crippen LogP contribution in [-0.2, 0) is 11.5 Å². The van der Waals surface area contributed by atoms with Crippen LogP contribution in [0.25, 0.3) is 28.0 Å². The first-order valence-electron chi connectivity index (χ1n) is 9.95. The molecule has 0 aliphatic rings. The van der Waals surface area contributed by atoms with Gasteiger partial charge in [0.25, 0.3) is 0 Å². The number of nitrogens with zero attached hydrogens (tertiary/aromatic N) is 5. The number of hydrogen-bond donors (Lipinski definition) is 0. The highest BCUT2D eigenvalue weighted by Crippen LogP contribution is 2.25. The Morgan fingerprint density at radius 1 is 1.10 bits per heavy atom. The lowest BCUT2D eigenvalue weighted by molar-refractivity contribution is 0.0791. The van der Waals surface area contributed by atoms with Crippen molar-refractivity contribution in [3.05, 3.63) is 60.6 Å². The van der Waals surface area contributed by atoms with E-state index in [1.165, 1.54) is 0 Å². The molecule has 0 fully saturated rings.